The summed E-state index contributed by atoms with van der Waals surface area (Å²) < 4.78 is 15.3. The van der Waals surface area contributed by atoms with E-state index in [0.29, 0.717) is 0 Å². The lowest BCUT2D eigenvalue weighted by Crippen LogP contribution is -2.48. The molecule has 1 fully saturated rings. The van der Waals surface area contributed by atoms with E-state index < -0.39 is 0 Å². The molecular formula is C22H26FN5. The van der Waals surface area contributed by atoms with Crippen molar-refractivity contribution in [3.05, 3.63) is 83.7 Å². The maximum absolute atomic E-state index is 13.4. The van der Waals surface area contributed by atoms with Gasteiger partial charge < -0.3 is 4.90 Å². The summed E-state index contributed by atoms with van der Waals surface area (Å²) in [5.74, 6) is -0.307. The Morgan fingerprint density at radius 1 is 1.00 bits per heavy atom. The summed E-state index contributed by atoms with van der Waals surface area (Å²) >= 11 is 0. The van der Waals surface area contributed by atoms with E-state index in [4.69, 9.17) is 0 Å². The van der Waals surface area contributed by atoms with Gasteiger partial charge in [-0.25, -0.2) is 4.39 Å². The van der Waals surface area contributed by atoms with Crippen molar-refractivity contribution in [2.75, 3.05) is 32.7 Å². The number of hydrogen-bond acceptors (Lipinski definition) is 4. The number of aromatic nitrogens is 3. The van der Waals surface area contributed by atoms with E-state index in [1.165, 1.54) is 17.8 Å². The van der Waals surface area contributed by atoms with Gasteiger partial charge in [0.25, 0.3) is 0 Å². The van der Waals surface area contributed by atoms with Crippen LogP contribution < -0.4 is 0 Å². The van der Waals surface area contributed by atoms with E-state index in [2.05, 4.69) is 50.2 Å². The summed E-state index contributed by atoms with van der Waals surface area (Å²) in [5, 5.41) is 4.33. The van der Waals surface area contributed by atoms with Gasteiger partial charge in [-0.1, -0.05) is 30.3 Å². The summed E-state index contributed by atoms with van der Waals surface area (Å²) in [5.41, 5.74) is 3.33. The molecule has 1 saturated heterocycles. The Labute approximate surface area is 165 Å². The number of halogens is 1. The monoisotopic (exact) mass is 379 g/mol. The smallest absolute Gasteiger partial charge is 0.141 e. The molecule has 0 aliphatic carbocycles. The molecule has 0 saturated carbocycles. The molecule has 1 aliphatic rings. The van der Waals surface area contributed by atoms with Crippen molar-refractivity contribution in [1.82, 2.24) is 24.6 Å². The number of hydrogen-bond donors (Lipinski definition) is 0. The minimum absolute atomic E-state index is 0.00984. The molecule has 0 N–H and O–H groups in total. The van der Waals surface area contributed by atoms with Gasteiger partial charge in [0.05, 0.1) is 23.6 Å². The Morgan fingerprint density at radius 3 is 2.43 bits per heavy atom. The highest BCUT2D eigenvalue weighted by Gasteiger charge is 2.29. The van der Waals surface area contributed by atoms with E-state index >= 15 is 0 Å². The SMILES string of the molecule is Cn1nccc1C(c1ccc(F)cn1)N1CCN(CCc2ccccc2)CC1. The predicted molar refractivity (Wildman–Crippen MR) is 107 cm³/mol. The third-order valence-corrected chi connectivity index (χ3v) is 5.50. The van der Waals surface area contributed by atoms with Gasteiger partial charge in [0.1, 0.15) is 5.82 Å². The van der Waals surface area contributed by atoms with Crippen LogP contribution in [0.2, 0.25) is 0 Å². The molecule has 0 spiro atoms. The van der Waals surface area contributed by atoms with Crippen LogP contribution in [0.25, 0.3) is 0 Å². The van der Waals surface area contributed by atoms with Gasteiger partial charge in [-0.15, -0.1) is 0 Å². The Hall–Kier alpha value is -2.57. The molecule has 4 rings (SSSR count). The first-order valence-electron chi connectivity index (χ1n) is 9.80. The molecule has 0 radical (unpaired) electrons. The fraction of sp³-hybridized carbons (Fsp3) is 0.364. The zero-order valence-electron chi connectivity index (χ0n) is 16.2. The van der Waals surface area contributed by atoms with Crippen LogP contribution in [0, 0.1) is 5.82 Å². The summed E-state index contributed by atoms with van der Waals surface area (Å²) in [7, 11) is 1.95. The van der Waals surface area contributed by atoms with E-state index in [0.717, 1.165) is 50.5 Å². The minimum Gasteiger partial charge on any atom is -0.300 e. The summed E-state index contributed by atoms with van der Waals surface area (Å²) in [6.07, 6.45) is 4.18. The predicted octanol–water partition coefficient (Wildman–Crippen LogP) is 2.90. The maximum atomic E-state index is 13.4. The van der Waals surface area contributed by atoms with E-state index in [-0.39, 0.29) is 11.9 Å². The first kappa shape index (κ1) is 18.8. The molecule has 1 unspecified atom stereocenters. The number of pyridine rings is 1. The number of rotatable bonds is 6. The van der Waals surface area contributed by atoms with Crippen LogP contribution in [0.5, 0.6) is 0 Å². The van der Waals surface area contributed by atoms with E-state index in [1.807, 2.05) is 24.0 Å². The van der Waals surface area contributed by atoms with Gasteiger partial charge in [-0.3, -0.25) is 14.6 Å². The maximum Gasteiger partial charge on any atom is 0.141 e. The van der Waals surface area contributed by atoms with Gasteiger partial charge in [0.15, 0.2) is 0 Å². The summed E-state index contributed by atoms with van der Waals surface area (Å²) in [4.78, 5) is 9.32. The van der Waals surface area contributed by atoms with Gasteiger partial charge in [0.2, 0.25) is 0 Å². The first-order chi connectivity index (χ1) is 13.7. The number of aryl methyl sites for hydroxylation is 1. The van der Waals surface area contributed by atoms with Crippen molar-refractivity contribution in [1.29, 1.82) is 0 Å². The van der Waals surface area contributed by atoms with Gasteiger partial charge in [-0.05, 0) is 30.2 Å². The summed E-state index contributed by atoms with van der Waals surface area (Å²) in [6, 6.07) is 15.9. The Balaban J connectivity index is 1.44. The van der Waals surface area contributed by atoms with Crippen LogP contribution in [0.1, 0.15) is 23.0 Å². The molecule has 28 heavy (non-hydrogen) atoms. The second-order valence-electron chi connectivity index (χ2n) is 7.30. The van der Waals surface area contributed by atoms with Crippen LogP contribution in [0.4, 0.5) is 4.39 Å². The van der Waals surface area contributed by atoms with Crippen molar-refractivity contribution in [2.24, 2.45) is 7.05 Å². The zero-order valence-corrected chi connectivity index (χ0v) is 16.2. The number of piperazine rings is 1. The second kappa shape index (κ2) is 8.63. The van der Waals surface area contributed by atoms with Gasteiger partial charge in [-0.2, -0.15) is 5.10 Å². The highest BCUT2D eigenvalue weighted by molar-refractivity contribution is 5.22. The van der Waals surface area contributed by atoms with E-state index in [9.17, 15) is 4.39 Å². The Morgan fingerprint density at radius 2 is 1.79 bits per heavy atom. The lowest BCUT2D eigenvalue weighted by Gasteiger charge is -2.39. The van der Waals surface area contributed by atoms with Crippen molar-refractivity contribution in [3.63, 3.8) is 0 Å². The molecule has 3 aromatic rings. The Kier molecular flexibility index (Phi) is 5.78. The molecule has 1 aromatic carbocycles. The quantitative estimate of drug-likeness (QED) is 0.660. The van der Waals surface area contributed by atoms with Crippen molar-refractivity contribution in [2.45, 2.75) is 12.5 Å². The van der Waals surface area contributed by atoms with Crippen molar-refractivity contribution < 1.29 is 4.39 Å². The van der Waals surface area contributed by atoms with Crippen LogP contribution >= 0.6 is 0 Å². The molecule has 1 atom stereocenters. The minimum atomic E-state index is -0.307. The molecule has 6 heteroatoms. The van der Waals surface area contributed by atoms with Gasteiger partial charge in [0, 0.05) is 46.0 Å². The van der Waals surface area contributed by atoms with Crippen molar-refractivity contribution in [3.8, 4) is 0 Å². The standard InChI is InChI=1S/C22H26FN5/c1-26-21(9-11-25-26)22(20-8-7-19(23)17-24-20)28-15-13-27(14-16-28)12-10-18-5-3-2-4-6-18/h2-9,11,17,22H,10,12-16H2,1H3. The lowest BCUT2D eigenvalue weighted by atomic mass is 10.1. The highest BCUT2D eigenvalue weighted by atomic mass is 19.1. The van der Waals surface area contributed by atoms with Gasteiger partial charge >= 0.3 is 0 Å². The molecule has 0 bridgehead atoms. The number of benzene rings is 1. The molecule has 0 amide bonds. The third-order valence-electron chi connectivity index (χ3n) is 5.50. The highest BCUT2D eigenvalue weighted by Crippen LogP contribution is 2.28. The van der Waals surface area contributed by atoms with Crippen molar-refractivity contribution >= 4 is 0 Å². The van der Waals surface area contributed by atoms with Crippen LogP contribution in [0.3, 0.4) is 0 Å². The molecule has 3 heterocycles. The second-order valence-corrected chi connectivity index (χ2v) is 7.30. The normalized spacial score (nSPS) is 16.9. The fourth-order valence-electron chi connectivity index (χ4n) is 3.90. The average Bonchev–Trinajstić information content (AvgIpc) is 3.15. The molecular weight excluding hydrogens is 353 g/mol. The first-order valence-corrected chi connectivity index (χ1v) is 9.80. The fourth-order valence-corrected chi connectivity index (χ4v) is 3.90. The zero-order chi connectivity index (χ0) is 19.3. The van der Waals surface area contributed by atoms with Crippen LogP contribution in [-0.2, 0) is 13.5 Å². The third kappa shape index (κ3) is 4.29. The van der Waals surface area contributed by atoms with Crippen LogP contribution in [-0.4, -0.2) is 57.3 Å². The molecule has 1 aliphatic heterocycles. The molecule has 5 nitrogen and oxygen atoms in total. The molecule has 146 valence electrons. The largest absolute Gasteiger partial charge is 0.300 e. The lowest BCUT2D eigenvalue weighted by molar-refractivity contribution is 0.106. The molecule has 2 aromatic heterocycles. The Bertz CT molecular complexity index is 869. The van der Waals surface area contributed by atoms with Crippen LogP contribution in [0.15, 0.2) is 60.9 Å². The number of nitrogens with zero attached hydrogens (tertiary/aromatic N) is 5. The van der Waals surface area contributed by atoms with E-state index in [1.54, 1.807) is 6.07 Å². The topological polar surface area (TPSA) is 37.2 Å². The average molecular weight is 379 g/mol. The summed E-state index contributed by atoms with van der Waals surface area (Å²) in [6.45, 7) is 5.00.